The van der Waals surface area contributed by atoms with Crippen LogP contribution in [0.3, 0.4) is 0 Å². The molecule has 0 saturated carbocycles. The van der Waals surface area contributed by atoms with Gasteiger partial charge < -0.3 is 14.8 Å². The van der Waals surface area contributed by atoms with Crippen LogP contribution in [-0.2, 0) is 29.2 Å². The van der Waals surface area contributed by atoms with Crippen LogP contribution in [0.5, 0.6) is 0 Å². The first-order valence-electron chi connectivity index (χ1n) is 15.1. The Hall–Kier alpha value is -3.37. The quantitative estimate of drug-likeness (QED) is 0.130. The SMILES string of the molecule is CO/N=C(\CCc1cc(C(F)(F)F)cc(C(F)(F)F)c1)CC(CCN1CCC(O)(c2ccccc2)CC1)c1ccc(C)c(C)c1. The zero-order valence-corrected chi connectivity index (χ0v) is 25.8. The molecular weight excluding hydrogens is 594 g/mol. The number of likely N-dealkylation sites (tertiary alicyclic amines) is 1. The van der Waals surface area contributed by atoms with E-state index in [2.05, 4.69) is 22.2 Å². The van der Waals surface area contributed by atoms with Gasteiger partial charge in [-0.05, 0) is 111 Å². The molecule has 1 saturated heterocycles. The van der Waals surface area contributed by atoms with E-state index in [-0.39, 0.29) is 30.4 Å². The number of benzene rings is 3. The van der Waals surface area contributed by atoms with E-state index in [0.717, 1.165) is 60.4 Å². The van der Waals surface area contributed by atoms with Crippen molar-refractivity contribution < 1.29 is 36.3 Å². The second-order valence-electron chi connectivity index (χ2n) is 12.0. The Bertz CT molecular complexity index is 1410. The van der Waals surface area contributed by atoms with Gasteiger partial charge in [0.15, 0.2) is 0 Å². The summed E-state index contributed by atoms with van der Waals surface area (Å²) in [5, 5.41) is 15.4. The smallest absolute Gasteiger partial charge is 0.399 e. The zero-order chi connectivity index (χ0) is 32.8. The lowest BCUT2D eigenvalue weighted by atomic mass is 9.84. The Morgan fingerprint density at radius 2 is 1.51 bits per heavy atom. The molecule has 1 atom stereocenters. The summed E-state index contributed by atoms with van der Waals surface area (Å²) in [6.07, 6.45) is -7.32. The first-order chi connectivity index (χ1) is 21.2. The Kier molecular flexibility index (Phi) is 11.0. The van der Waals surface area contributed by atoms with E-state index in [1.165, 1.54) is 7.11 Å². The first-order valence-corrected chi connectivity index (χ1v) is 15.1. The number of aryl methyl sites for hydroxylation is 3. The highest BCUT2D eigenvalue weighted by atomic mass is 19.4. The molecule has 0 amide bonds. The molecule has 244 valence electrons. The summed E-state index contributed by atoms with van der Waals surface area (Å²) in [6.45, 7) is 6.26. The maximum Gasteiger partial charge on any atom is 0.416 e. The van der Waals surface area contributed by atoms with Crippen LogP contribution >= 0.6 is 0 Å². The molecular formula is C35H40F6N2O2. The van der Waals surface area contributed by atoms with E-state index in [9.17, 15) is 31.4 Å². The monoisotopic (exact) mass is 634 g/mol. The van der Waals surface area contributed by atoms with Crippen LogP contribution in [0, 0.1) is 13.8 Å². The number of alkyl halides is 6. The maximum atomic E-state index is 13.4. The van der Waals surface area contributed by atoms with Crippen LogP contribution in [0.2, 0.25) is 0 Å². The Morgan fingerprint density at radius 1 is 0.889 bits per heavy atom. The summed E-state index contributed by atoms with van der Waals surface area (Å²) in [5.74, 6) is -0.0135. The highest BCUT2D eigenvalue weighted by Gasteiger charge is 2.37. The summed E-state index contributed by atoms with van der Waals surface area (Å²) in [4.78, 5) is 7.40. The molecule has 10 heteroatoms. The van der Waals surface area contributed by atoms with Crippen molar-refractivity contribution in [3.05, 3.63) is 106 Å². The minimum Gasteiger partial charge on any atom is -0.399 e. The fraction of sp³-hybridized carbons (Fsp3) is 0.457. The second kappa shape index (κ2) is 14.4. The van der Waals surface area contributed by atoms with E-state index < -0.39 is 29.1 Å². The molecule has 0 bridgehead atoms. The van der Waals surface area contributed by atoms with Gasteiger partial charge in [0.1, 0.15) is 7.11 Å². The predicted molar refractivity (Wildman–Crippen MR) is 163 cm³/mol. The van der Waals surface area contributed by atoms with Crippen LogP contribution in [0.4, 0.5) is 26.3 Å². The van der Waals surface area contributed by atoms with E-state index >= 15 is 0 Å². The molecule has 0 spiro atoms. The number of aliphatic hydroxyl groups is 1. The molecule has 3 aromatic carbocycles. The number of hydrogen-bond acceptors (Lipinski definition) is 4. The first kappa shape index (κ1) is 34.5. The summed E-state index contributed by atoms with van der Waals surface area (Å²) >= 11 is 0. The molecule has 4 rings (SSSR count). The minimum atomic E-state index is -4.90. The maximum absolute atomic E-state index is 13.4. The highest BCUT2D eigenvalue weighted by molar-refractivity contribution is 5.85. The number of piperidine rings is 1. The number of rotatable bonds is 11. The molecule has 3 aromatic rings. The molecule has 1 aliphatic heterocycles. The van der Waals surface area contributed by atoms with E-state index in [1.807, 2.05) is 50.2 Å². The average Bonchev–Trinajstić information content (AvgIpc) is 2.99. The van der Waals surface area contributed by atoms with Gasteiger partial charge in [0.05, 0.1) is 22.4 Å². The van der Waals surface area contributed by atoms with Gasteiger partial charge in [0, 0.05) is 13.1 Å². The third-order valence-corrected chi connectivity index (χ3v) is 8.84. The van der Waals surface area contributed by atoms with Crippen molar-refractivity contribution in [3.8, 4) is 0 Å². The van der Waals surface area contributed by atoms with Crippen LogP contribution in [0.25, 0.3) is 0 Å². The van der Waals surface area contributed by atoms with Gasteiger partial charge >= 0.3 is 12.4 Å². The van der Waals surface area contributed by atoms with Gasteiger partial charge in [-0.15, -0.1) is 0 Å². The lowest BCUT2D eigenvalue weighted by Crippen LogP contribution is -2.43. The lowest BCUT2D eigenvalue weighted by molar-refractivity contribution is -0.143. The molecule has 1 aliphatic rings. The number of hydrogen-bond donors (Lipinski definition) is 1. The normalized spacial score (nSPS) is 16.9. The van der Waals surface area contributed by atoms with Crippen molar-refractivity contribution in [2.45, 2.75) is 76.2 Å². The van der Waals surface area contributed by atoms with E-state index in [4.69, 9.17) is 4.84 Å². The van der Waals surface area contributed by atoms with Crippen molar-refractivity contribution in [3.63, 3.8) is 0 Å². The van der Waals surface area contributed by atoms with Crippen molar-refractivity contribution in [2.75, 3.05) is 26.7 Å². The average molecular weight is 635 g/mol. The van der Waals surface area contributed by atoms with Gasteiger partial charge in [0.25, 0.3) is 0 Å². The zero-order valence-electron chi connectivity index (χ0n) is 25.8. The fourth-order valence-electron chi connectivity index (χ4n) is 5.98. The van der Waals surface area contributed by atoms with Gasteiger partial charge in [-0.25, -0.2) is 0 Å². The third kappa shape index (κ3) is 9.33. The second-order valence-corrected chi connectivity index (χ2v) is 12.0. The summed E-state index contributed by atoms with van der Waals surface area (Å²) < 4.78 is 80.5. The highest BCUT2D eigenvalue weighted by Crippen LogP contribution is 2.37. The minimum absolute atomic E-state index is 0.0135. The van der Waals surface area contributed by atoms with E-state index in [1.54, 1.807) is 0 Å². The number of nitrogens with zero attached hydrogens (tertiary/aromatic N) is 2. The van der Waals surface area contributed by atoms with Crippen LogP contribution in [-0.4, -0.2) is 42.5 Å². The van der Waals surface area contributed by atoms with Gasteiger partial charge in [0.2, 0.25) is 0 Å². The van der Waals surface area contributed by atoms with Crippen molar-refractivity contribution in [2.24, 2.45) is 5.16 Å². The van der Waals surface area contributed by atoms with Crippen LogP contribution in [0.15, 0.2) is 71.9 Å². The molecule has 1 heterocycles. The topological polar surface area (TPSA) is 45.1 Å². The lowest BCUT2D eigenvalue weighted by Gasteiger charge is -2.39. The predicted octanol–water partition coefficient (Wildman–Crippen LogP) is 8.82. The molecule has 4 nitrogen and oxygen atoms in total. The van der Waals surface area contributed by atoms with Crippen molar-refractivity contribution >= 4 is 5.71 Å². The number of halogens is 6. The standard InChI is InChI=1S/C35H40F6N2O2/c1-24-9-11-27(19-25(24)2)28(13-16-43-17-14-33(44,15-18-43)29-7-5-4-6-8-29)22-32(42-45-3)12-10-26-20-30(34(36,37)38)23-31(21-26)35(39,40)41/h4-9,11,19-21,23,28,44H,10,12-18,22H2,1-3H3/b42-32+. The number of oxime groups is 1. The van der Waals surface area contributed by atoms with Crippen molar-refractivity contribution in [1.82, 2.24) is 4.90 Å². The van der Waals surface area contributed by atoms with Gasteiger partial charge in [-0.1, -0.05) is 53.7 Å². The largest absolute Gasteiger partial charge is 0.416 e. The summed E-state index contributed by atoms with van der Waals surface area (Å²) in [5.41, 5.74) is 1.24. The van der Waals surface area contributed by atoms with Gasteiger partial charge in [-0.3, -0.25) is 0 Å². The molecule has 0 aliphatic carbocycles. The molecule has 0 aromatic heterocycles. The molecule has 0 radical (unpaired) electrons. The molecule has 45 heavy (non-hydrogen) atoms. The Labute approximate surface area is 260 Å². The third-order valence-electron chi connectivity index (χ3n) is 8.84. The summed E-state index contributed by atoms with van der Waals surface area (Å²) in [6, 6.07) is 17.6. The van der Waals surface area contributed by atoms with Crippen LogP contribution < -0.4 is 0 Å². The van der Waals surface area contributed by atoms with Gasteiger partial charge in [-0.2, -0.15) is 26.3 Å². The summed E-state index contributed by atoms with van der Waals surface area (Å²) in [7, 11) is 1.37. The molecule has 1 fully saturated rings. The Morgan fingerprint density at radius 3 is 2.07 bits per heavy atom. The molecule has 1 N–H and O–H groups in total. The molecule has 1 unspecified atom stereocenters. The fourth-order valence-corrected chi connectivity index (χ4v) is 5.98. The van der Waals surface area contributed by atoms with Crippen molar-refractivity contribution in [1.29, 1.82) is 0 Å². The Balaban J connectivity index is 1.49. The van der Waals surface area contributed by atoms with E-state index in [0.29, 0.717) is 25.0 Å². The van der Waals surface area contributed by atoms with Crippen LogP contribution in [0.1, 0.15) is 77.0 Å².